The van der Waals surface area contributed by atoms with E-state index in [0.29, 0.717) is 12.4 Å². The van der Waals surface area contributed by atoms with E-state index >= 15 is 0 Å². The summed E-state index contributed by atoms with van der Waals surface area (Å²) in [5.74, 6) is 0.440. The first kappa shape index (κ1) is 23.7. The van der Waals surface area contributed by atoms with Crippen molar-refractivity contribution in [3.05, 3.63) is 55.8 Å². The van der Waals surface area contributed by atoms with Crippen LogP contribution in [-0.4, -0.2) is 45.6 Å². The van der Waals surface area contributed by atoms with E-state index in [1.807, 2.05) is 6.92 Å². The maximum Gasteiger partial charge on any atom is 0.323 e. The average molecular weight is 508 g/mol. The largest absolute Gasteiger partial charge is 0.340 e. The third-order valence-corrected chi connectivity index (χ3v) is 9.02. The van der Waals surface area contributed by atoms with Crippen molar-refractivity contribution in [3.63, 3.8) is 0 Å². The van der Waals surface area contributed by atoms with Crippen molar-refractivity contribution in [2.45, 2.75) is 55.0 Å². The number of hydrogen-bond acceptors (Lipinski definition) is 4. The molecular weight excluding hydrogens is 478 g/mol. The van der Waals surface area contributed by atoms with E-state index in [0.717, 1.165) is 24.3 Å². The third-order valence-electron chi connectivity index (χ3n) is 6.48. The maximum absolute atomic E-state index is 12.3. The molecule has 3 rings (SSSR count). The molecule has 9 heteroatoms. The highest BCUT2D eigenvalue weighted by Gasteiger charge is 2.24. The zero-order valence-corrected chi connectivity index (χ0v) is 22.0. The molecule has 0 amide bonds. The standard InChI is InChI=1S/C22H30BrN5O2S/c1-12-13(2)15(4)20(16(5)14(12)3)21-17(6)27(18(7)22(21)23)10-19-24-11-28(25-19)31(29,30)26(8)9/h11H,10H2,1-9H3. The van der Waals surface area contributed by atoms with Crippen LogP contribution in [0.4, 0.5) is 0 Å². The summed E-state index contributed by atoms with van der Waals surface area (Å²) < 4.78 is 29.8. The second-order valence-electron chi connectivity index (χ2n) is 8.27. The zero-order chi connectivity index (χ0) is 23.4. The molecule has 3 aromatic rings. The Morgan fingerprint density at radius 2 is 1.39 bits per heavy atom. The van der Waals surface area contributed by atoms with Gasteiger partial charge in [-0.15, -0.1) is 9.19 Å². The molecule has 0 spiro atoms. The molecule has 0 fully saturated rings. The van der Waals surface area contributed by atoms with Gasteiger partial charge in [0.1, 0.15) is 6.33 Å². The molecular formula is C22H30BrN5O2S. The lowest BCUT2D eigenvalue weighted by Crippen LogP contribution is -2.29. The molecule has 2 heterocycles. The summed E-state index contributed by atoms with van der Waals surface area (Å²) in [5, 5.41) is 4.21. The SMILES string of the molecule is Cc1c(C)c(C)c(-c2c(Br)c(C)n(Cc3ncn(S(=O)(=O)N(C)C)n3)c2C)c(C)c1C. The first-order chi connectivity index (χ1) is 14.3. The van der Waals surface area contributed by atoms with E-state index in [1.54, 1.807) is 0 Å². The van der Waals surface area contributed by atoms with Gasteiger partial charge < -0.3 is 4.57 Å². The van der Waals surface area contributed by atoms with Gasteiger partial charge in [-0.2, -0.15) is 12.7 Å². The Balaban J connectivity index is 2.13. The molecule has 0 aliphatic heterocycles. The van der Waals surface area contributed by atoms with Crippen LogP contribution in [0.5, 0.6) is 0 Å². The number of rotatable bonds is 5. The lowest BCUT2D eigenvalue weighted by atomic mass is 9.86. The predicted molar refractivity (Wildman–Crippen MR) is 128 cm³/mol. The van der Waals surface area contributed by atoms with E-state index in [2.05, 4.69) is 72.1 Å². The number of halogens is 1. The van der Waals surface area contributed by atoms with Crippen LogP contribution >= 0.6 is 15.9 Å². The van der Waals surface area contributed by atoms with E-state index in [-0.39, 0.29) is 0 Å². The maximum atomic E-state index is 12.3. The van der Waals surface area contributed by atoms with Gasteiger partial charge in [0.2, 0.25) is 0 Å². The Labute approximate surface area is 193 Å². The first-order valence-corrected chi connectivity index (χ1v) is 12.3. The smallest absolute Gasteiger partial charge is 0.323 e. The summed E-state index contributed by atoms with van der Waals surface area (Å²) in [6, 6.07) is 0. The van der Waals surface area contributed by atoms with Gasteiger partial charge in [0.25, 0.3) is 0 Å². The van der Waals surface area contributed by atoms with E-state index < -0.39 is 10.2 Å². The molecule has 168 valence electrons. The highest BCUT2D eigenvalue weighted by Crippen LogP contribution is 2.42. The fourth-order valence-corrected chi connectivity index (χ4v) is 5.42. The molecule has 0 aliphatic carbocycles. The zero-order valence-electron chi connectivity index (χ0n) is 19.6. The minimum atomic E-state index is -3.68. The van der Waals surface area contributed by atoms with Crippen molar-refractivity contribution < 1.29 is 8.42 Å². The lowest BCUT2D eigenvalue weighted by Gasteiger charge is -2.19. The summed E-state index contributed by atoms with van der Waals surface area (Å²) in [5.41, 5.74) is 11.1. The molecule has 0 aliphatic rings. The summed E-state index contributed by atoms with van der Waals surface area (Å²) >= 11 is 3.82. The molecule has 0 N–H and O–H groups in total. The number of benzene rings is 1. The lowest BCUT2D eigenvalue weighted by molar-refractivity contribution is 0.502. The monoisotopic (exact) mass is 507 g/mol. The fraction of sp³-hybridized carbons (Fsp3) is 0.455. The Kier molecular flexibility index (Phi) is 6.25. The van der Waals surface area contributed by atoms with Crippen LogP contribution in [-0.2, 0) is 16.8 Å². The van der Waals surface area contributed by atoms with Gasteiger partial charge in [-0.3, -0.25) is 0 Å². The molecule has 7 nitrogen and oxygen atoms in total. The third kappa shape index (κ3) is 3.76. The number of nitrogens with zero attached hydrogens (tertiary/aromatic N) is 5. The summed E-state index contributed by atoms with van der Waals surface area (Å²) in [6.45, 7) is 15.4. The van der Waals surface area contributed by atoms with Gasteiger partial charge in [-0.05, 0) is 97.8 Å². The summed E-state index contributed by atoms with van der Waals surface area (Å²) in [6.07, 6.45) is 1.25. The van der Waals surface area contributed by atoms with Gasteiger partial charge in [0.15, 0.2) is 5.82 Å². The van der Waals surface area contributed by atoms with Gasteiger partial charge in [0.05, 0.1) is 6.54 Å². The number of aromatic nitrogens is 4. The van der Waals surface area contributed by atoms with Crippen LogP contribution in [0.2, 0.25) is 0 Å². The van der Waals surface area contributed by atoms with E-state index in [9.17, 15) is 8.42 Å². The second-order valence-corrected chi connectivity index (χ2v) is 11.1. The van der Waals surface area contributed by atoms with Crippen LogP contribution in [0, 0.1) is 48.5 Å². The van der Waals surface area contributed by atoms with Gasteiger partial charge in [0, 0.05) is 35.5 Å². The van der Waals surface area contributed by atoms with Crippen molar-refractivity contribution in [3.8, 4) is 11.1 Å². The average Bonchev–Trinajstić information content (AvgIpc) is 3.26. The molecule has 2 aromatic heterocycles. The Morgan fingerprint density at radius 3 is 1.90 bits per heavy atom. The van der Waals surface area contributed by atoms with Gasteiger partial charge in [-0.25, -0.2) is 4.98 Å². The van der Waals surface area contributed by atoms with Crippen LogP contribution in [0.1, 0.15) is 45.0 Å². The predicted octanol–water partition coefficient (Wildman–Crippen LogP) is 4.37. The van der Waals surface area contributed by atoms with Crippen molar-refractivity contribution in [2.24, 2.45) is 0 Å². The molecule has 0 saturated heterocycles. The molecule has 1 aromatic carbocycles. The fourth-order valence-electron chi connectivity index (χ4n) is 4.02. The molecule has 0 saturated carbocycles. The quantitative estimate of drug-likeness (QED) is 0.513. The van der Waals surface area contributed by atoms with E-state index in [1.165, 1.54) is 59.4 Å². The topological polar surface area (TPSA) is 73.0 Å². The second kappa shape index (κ2) is 8.18. The number of hydrogen-bond donors (Lipinski definition) is 0. The Hall–Kier alpha value is -1.97. The molecule has 0 atom stereocenters. The van der Waals surface area contributed by atoms with Crippen LogP contribution in [0.25, 0.3) is 11.1 Å². The summed E-state index contributed by atoms with van der Waals surface area (Å²) in [7, 11) is -0.744. The van der Waals surface area contributed by atoms with Crippen LogP contribution in [0.3, 0.4) is 0 Å². The van der Waals surface area contributed by atoms with Crippen molar-refractivity contribution in [1.29, 1.82) is 0 Å². The molecule has 0 unspecified atom stereocenters. The van der Waals surface area contributed by atoms with Crippen LogP contribution in [0.15, 0.2) is 10.8 Å². The molecule has 0 radical (unpaired) electrons. The van der Waals surface area contributed by atoms with Crippen LogP contribution < -0.4 is 0 Å². The first-order valence-electron chi connectivity index (χ1n) is 10.1. The van der Waals surface area contributed by atoms with Crippen molar-refractivity contribution in [2.75, 3.05) is 14.1 Å². The highest BCUT2D eigenvalue weighted by molar-refractivity contribution is 9.10. The van der Waals surface area contributed by atoms with Crippen molar-refractivity contribution in [1.82, 2.24) is 23.0 Å². The Bertz CT molecular complexity index is 1260. The minimum Gasteiger partial charge on any atom is -0.340 e. The van der Waals surface area contributed by atoms with Crippen molar-refractivity contribution >= 4 is 26.1 Å². The van der Waals surface area contributed by atoms with E-state index in [4.69, 9.17) is 0 Å². The summed E-state index contributed by atoms with van der Waals surface area (Å²) in [4.78, 5) is 4.24. The molecule has 31 heavy (non-hydrogen) atoms. The van der Waals surface area contributed by atoms with Gasteiger partial charge >= 0.3 is 10.2 Å². The normalized spacial score (nSPS) is 12.2. The Morgan fingerprint density at radius 1 is 0.871 bits per heavy atom. The molecule has 0 bridgehead atoms. The minimum absolute atomic E-state index is 0.383. The highest BCUT2D eigenvalue weighted by atomic mass is 79.9. The van der Waals surface area contributed by atoms with Gasteiger partial charge in [-0.1, -0.05) is 0 Å².